The largest absolute Gasteiger partial charge is 0.360 e. The number of nitrogens with zero attached hydrogens (tertiary/aromatic N) is 2. The monoisotopic (exact) mass is 313 g/mol. The molecule has 1 N–H and O–H groups in total. The van der Waals surface area contributed by atoms with E-state index in [1.54, 1.807) is 31.8 Å². The predicted octanol–water partition coefficient (Wildman–Crippen LogP) is 2.30. The van der Waals surface area contributed by atoms with Gasteiger partial charge in [0.15, 0.2) is 5.82 Å². The second-order valence-electron chi connectivity index (χ2n) is 4.93. The lowest BCUT2D eigenvalue weighted by molar-refractivity contribution is -0.132. The lowest BCUT2D eigenvalue weighted by Crippen LogP contribution is -2.39. The highest BCUT2D eigenvalue weighted by Gasteiger charge is 2.20. The summed E-state index contributed by atoms with van der Waals surface area (Å²) >= 11 is 1.62. The number of amides is 2. The normalized spacial score (nSPS) is 12.0. The minimum absolute atomic E-state index is 0.00339. The van der Waals surface area contributed by atoms with E-state index in [0.717, 1.165) is 18.6 Å². The van der Waals surface area contributed by atoms with Crippen LogP contribution in [0.15, 0.2) is 10.6 Å². The van der Waals surface area contributed by atoms with Crippen LogP contribution in [0.4, 0.5) is 5.82 Å². The summed E-state index contributed by atoms with van der Waals surface area (Å²) in [4.78, 5) is 25.4. The molecule has 118 valence electrons. The SMILES string of the molecule is CCCCS[C@@H](C)C(=O)N(C)CC(=O)Nc1cc(C)on1. The number of hydrogen-bond acceptors (Lipinski definition) is 5. The van der Waals surface area contributed by atoms with E-state index in [1.807, 2.05) is 6.92 Å². The molecular weight excluding hydrogens is 290 g/mol. The first-order valence-electron chi connectivity index (χ1n) is 7.03. The van der Waals surface area contributed by atoms with Crippen LogP contribution in [0.3, 0.4) is 0 Å². The van der Waals surface area contributed by atoms with Crippen molar-refractivity contribution >= 4 is 29.4 Å². The van der Waals surface area contributed by atoms with Crippen molar-refractivity contribution in [3.63, 3.8) is 0 Å². The Morgan fingerprint density at radius 2 is 2.24 bits per heavy atom. The van der Waals surface area contributed by atoms with Crippen LogP contribution in [-0.4, -0.2) is 46.5 Å². The van der Waals surface area contributed by atoms with Gasteiger partial charge in [-0.15, -0.1) is 11.8 Å². The number of unbranched alkanes of at least 4 members (excludes halogenated alkanes) is 1. The van der Waals surface area contributed by atoms with Gasteiger partial charge in [-0.25, -0.2) is 0 Å². The first-order chi connectivity index (χ1) is 9.93. The fourth-order valence-electron chi connectivity index (χ4n) is 1.69. The van der Waals surface area contributed by atoms with Gasteiger partial charge in [0.25, 0.3) is 0 Å². The second kappa shape index (κ2) is 8.71. The van der Waals surface area contributed by atoms with E-state index >= 15 is 0 Å². The number of aromatic nitrogens is 1. The number of likely N-dealkylation sites (N-methyl/N-ethyl adjacent to an activating group) is 1. The molecule has 1 heterocycles. The van der Waals surface area contributed by atoms with Crippen molar-refractivity contribution in [2.75, 3.05) is 24.7 Å². The Labute approximate surface area is 129 Å². The molecule has 7 heteroatoms. The standard InChI is InChI=1S/C14H23N3O3S/c1-5-6-7-21-11(3)14(19)17(4)9-13(18)15-12-8-10(2)20-16-12/h8,11H,5-7,9H2,1-4H3,(H,15,16,18)/t11-/m0/s1. The molecule has 0 aliphatic carbocycles. The summed E-state index contributed by atoms with van der Waals surface area (Å²) in [5, 5.41) is 6.14. The molecule has 0 aliphatic heterocycles. The summed E-state index contributed by atoms with van der Waals surface area (Å²) in [6.45, 7) is 5.74. The van der Waals surface area contributed by atoms with E-state index in [2.05, 4.69) is 17.4 Å². The highest BCUT2D eigenvalue weighted by molar-refractivity contribution is 8.00. The van der Waals surface area contributed by atoms with E-state index in [9.17, 15) is 9.59 Å². The quantitative estimate of drug-likeness (QED) is 0.745. The number of carbonyl (C=O) groups excluding carboxylic acids is 2. The molecule has 0 aromatic carbocycles. The lowest BCUT2D eigenvalue weighted by atomic mass is 10.4. The molecule has 6 nitrogen and oxygen atoms in total. The van der Waals surface area contributed by atoms with Crippen molar-refractivity contribution in [2.45, 2.75) is 38.9 Å². The molecule has 1 rings (SSSR count). The summed E-state index contributed by atoms with van der Waals surface area (Å²) in [5.74, 6) is 1.62. The van der Waals surface area contributed by atoms with Gasteiger partial charge in [-0.3, -0.25) is 9.59 Å². The maximum Gasteiger partial charge on any atom is 0.245 e. The Balaban J connectivity index is 2.38. The molecule has 1 atom stereocenters. The van der Waals surface area contributed by atoms with E-state index < -0.39 is 0 Å². The number of hydrogen-bond donors (Lipinski definition) is 1. The van der Waals surface area contributed by atoms with Crippen LogP contribution in [0.1, 0.15) is 32.4 Å². The van der Waals surface area contributed by atoms with Gasteiger partial charge in [0.2, 0.25) is 11.8 Å². The fourth-order valence-corrected chi connectivity index (χ4v) is 2.82. The minimum Gasteiger partial charge on any atom is -0.360 e. The van der Waals surface area contributed by atoms with Gasteiger partial charge in [0.05, 0.1) is 11.8 Å². The second-order valence-corrected chi connectivity index (χ2v) is 6.38. The summed E-state index contributed by atoms with van der Waals surface area (Å²) in [7, 11) is 1.63. The van der Waals surface area contributed by atoms with E-state index in [4.69, 9.17) is 4.52 Å². The third-order valence-electron chi connectivity index (χ3n) is 2.87. The predicted molar refractivity (Wildman–Crippen MR) is 84.3 cm³/mol. The van der Waals surface area contributed by atoms with E-state index in [-0.39, 0.29) is 23.6 Å². The van der Waals surface area contributed by atoms with Crippen LogP contribution in [0.5, 0.6) is 0 Å². The van der Waals surface area contributed by atoms with Gasteiger partial charge in [-0.05, 0) is 26.0 Å². The molecule has 2 amide bonds. The molecular formula is C14H23N3O3S. The molecule has 0 fully saturated rings. The zero-order valence-corrected chi connectivity index (χ0v) is 13.8. The smallest absolute Gasteiger partial charge is 0.245 e. The van der Waals surface area contributed by atoms with Crippen LogP contribution < -0.4 is 5.32 Å². The summed E-state index contributed by atoms with van der Waals surface area (Å²) in [5.41, 5.74) is 0. The van der Waals surface area contributed by atoms with Crippen molar-refractivity contribution < 1.29 is 14.1 Å². The Morgan fingerprint density at radius 1 is 1.52 bits per heavy atom. The zero-order chi connectivity index (χ0) is 15.8. The summed E-state index contributed by atoms with van der Waals surface area (Å²) in [6.07, 6.45) is 2.21. The zero-order valence-electron chi connectivity index (χ0n) is 13.0. The summed E-state index contributed by atoms with van der Waals surface area (Å²) in [6, 6.07) is 1.63. The number of nitrogens with one attached hydrogen (secondary N) is 1. The van der Waals surface area contributed by atoms with E-state index in [1.165, 1.54) is 4.90 Å². The van der Waals surface area contributed by atoms with E-state index in [0.29, 0.717) is 11.6 Å². The van der Waals surface area contributed by atoms with Gasteiger partial charge in [-0.1, -0.05) is 18.5 Å². The molecule has 0 aliphatic rings. The van der Waals surface area contributed by atoms with Gasteiger partial charge in [0.1, 0.15) is 5.76 Å². The molecule has 0 unspecified atom stereocenters. The minimum atomic E-state index is -0.287. The first kappa shape index (κ1) is 17.6. The molecule has 0 saturated carbocycles. The van der Waals surface area contributed by atoms with Crippen molar-refractivity contribution in [2.24, 2.45) is 0 Å². The maximum absolute atomic E-state index is 12.1. The Kier molecular flexibility index (Phi) is 7.28. The Morgan fingerprint density at radius 3 is 2.81 bits per heavy atom. The van der Waals surface area contributed by atoms with Gasteiger partial charge in [0, 0.05) is 13.1 Å². The average molecular weight is 313 g/mol. The number of carbonyl (C=O) groups is 2. The van der Waals surface area contributed by atoms with Crippen molar-refractivity contribution in [3.05, 3.63) is 11.8 Å². The van der Waals surface area contributed by atoms with Crippen LogP contribution in [-0.2, 0) is 9.59 Å². The number of aryl methyl sites for hydroxylation is 1. The van der Waals surface area contributed by atoms with Crippen LogP contribution in [0.2, 0.25) is 0 Å². The maximum atomic E-state index is 12.1. The fraction of sp³-hybridized carbons (Fsp3) is 0.643. The Bertz CT molecular complexity index is 476. The van der Waals surface area contributed by atoms with Crippen molar-refractivity contribution in [1.82, 2.24) is 10.1 Å². The van der Waals surface area contributed by atoms with Gasteiger partial charge < -0.3 is 14.7 Å². The molecule has 1 aromatic heterocycles. The molecule has 0 radical (unpaired) electrons. The molecule has 0 saturated heterocycles. The first-order valence-corrected chi connectivity index (χ1v) is 8.08. The molecule has 21 heavy (non-hydrogen) atoms. The highest BCUT2D eigenvalue weighted by atomic mass is 32.2. The van der Waals surface area contributed by atoms with Crippen molar-refractivity contribution in [1.29, 1.82) is 0 Å². The summed E-state index contributed by atoms with van der Waals surface area (Å²) < 4.78 is 4.86. The number of anilines is 1. The van der Waals surface area contributed by atoms with Gasteiger partial charge >= 0.3 is 0 Å². The van der Waals surface area contributed by atoms with Crippen LogP contribution in [0, 0.1) is 6.92 Å². The van der Waals surface area contributed by atoms with Crippen molar-refractivity contribution in [3.8, 4) is 0 Å². The highest BCUT2D eigenvalue weighted by Crippen LogP contribution is 2.15. The van der Waals surface area contributed by atoms with Crippen LogP contribution in [0.25, 0.3) is 0 Å². The van der Waals surface area contributed by atoms with Crippen LogP contribution >= 0.6 is 11.8 Å². The number of thioether (sulfide) groups is 1. The average Bonchev–Trinajstić information content (AvgIpc) is 2.83. The number of rotatable bonds is 8. The molecule has 1 aromatic rings. The topological polar surface area (TPSA) is 75.4 Å². The van der Waals surface area contributed by atoms with Gasteiger partial charge in [-0.2, -0.15) is 0 Å². The Hall–Kier alpha value is -1.50. The molecule has 0 spiro atoms. The molecule has 0 bridgehead atoms. The third kappa shape index (κ3) is 6.20. The third-order valence-corrected chi connectivity index (χ3v) is 4.09. The lowest BCUT2D eigenvalue weighted by Gasteiger charge is -2.20.